The monoisotopic (exact) mass is 432 g/mol. The molecule has 2 fully saturated rings. The van der Waals surface area contributed by atoms with Gasteiger partial charge in [0.1, 0.15) is 17.1 Å². The van der Waals surface area contributed by atoms with Gasteiger partial charge in [-0.3, -0.25) is 9.69 Å². The lowest BCUT2D eigenvalue weighted by molar-refractivity contribution is -0.139. The van der Waals surface area contributed by atoms with E-state index in [4.69, 9.17) is 16.3 Å². The van der Waals surface area contributed by atoms with E-state index >= 15 is 0 Å². The molecule has 2 aromatic rings. The highest BCUT2D eigenvalue weighted by Gasteiger charge is 2.42. The highest BCUT2D eigenvalue weighted by Crippen LogP contribution is 2.31. The first-order valence-corrected chi connectivity index (χ1v) is 10.2. The second-order valence-electron chi connectivity index (χ2n) is 7.74. The van der Waals surface area contributed by atoms with E-state index in [2.05, 4.69) is 4.90 Å². The minimum absolute atomic E-state index is 0.0672. The molecule has 2 saturated heterocycles. The summed E-state index contributed by atoms with van der Waals surface area (Å²) in [5.74, 6) is -1.42. The fourth-order valence-electron chi connectivity index (χ4n) is 4.38. The van der Waals surface area contributed by atoms with E-state index in [1.54, 1.807) is 12.1 Å². The number of piperazine rings is 1. The molecule has 0 spiro atoms. The van der Waals surface area contributed by atoms with Gasteiger partial charge in [-0.25, -0.2) is 9.18 Å². The zero-order chi connectivity index (χ0) is 21.3. The first-order valence-electron chi connectivity index (χ1n) is 9.84. The molecule has 2 bridgehead atoms. The summed E-state index contributed by atoms with van der Waals surface area (Å²) in [6.07, 6.45) is 1.86. The first kappa shape index (κ1) is 20.6. The van der Waals surface area contributed by atoms with Crippen molar-refractivity contribution in [2.45, 2.75) is 31.5 Å². The van der Waals surface area contributed by atoms with Crippen LogP contribution in [0.3, 0.4) is 0 Å². The summed E-state index contributed by atoms with van der Waals surface area (Å²) in [7, 11) is 0. The Hall–Kier alpha value is -2.64. The van der Waals surface area contributed by atoms with E-state index in [0.717, 1.165) is 38.0 Å². The number of carboxylic acid groups (broad SMARTS) is 1. The number of hydrogen-bond donors (Lipinski definition) is 1. The van der Waals surface area contributed by atoms with Crippen LogP contribution in [0, 0.1) is 5.82 Å². The number of nitrogens with zero attached hydrogens (tertiary/aromatic N) is 2. The number of carbonyl (C=O) groups is 2. The summed E-state index contributed by atoms with van der Waals surface area (Å²) in [6, 6.07) is 11.0. The summed E-state index contributed by atoms with van der Waals surface area (Å²) in [4.78, 5) is 28.4. The third-order valence-electron chi connectivity index (χ3n) is 5.69. The van der Waals surface area contributed by atoms with E-state index in [1.165, 1.54) is 30.3 Å². The van der Waals surface area contributed by atoms with Gasteiger partial charge in [0.05, 0.1) is 0 Å². The maximum absolute atomic E-state index is 13.1. The van der Waals surface area contributed by atoms with Gasteiger partial charge in [-0.05, 0) is 48.7 Å². The number of aromatic carboxylic acids is 1. The molecule has 2 aliphatic heterocycles. The minimum atomic E-state index is -1.16. The highest BCUT2D eigenvalue weighted by atomic mass is 35.5. The fourth-order valence-corrected chi connectivity index (χ4v) is 4.56. The quantitative estimate of drug-likeness (QED) is 0.757. The van der Waals surface area contributed by atoms with Crippen LogP contribution < -0.4 is 4.74 Å². The molecule has 158 valence electrons. The van der Waals surface area contributed by atoms with Crippen LogP contribution in [-0.2, 0) is 11.3 Å². The molecule has 4 rings (SSSR count). The van der Waals surface area contributed by atoms with Crippen molar-refractivity contribution in [2.75, 3.05) is 19.7 Å². The molecule has 0 aliphatic carbocycles. The van der Waals surface area contributed by atoms with E-state index < -0.39 is 5.97 Å². The first-order chi connectivity index (χ1) is 14.4. The highest BCUT2D eigenvalue weighted by molar-refractivity contribution is 6.31. The number of benzene rings is 2. The van der Waals surface area contributed by atoms with Crippen LogP contribution in [-0.4, -0.2) is 58.6 Å². The van der Waals surface area contributed by atoms with Crippen molar-refractivity contribution in [1.82, 2.24) is 9.80 Å². The van der Waals surface area contributed by atoms with Crippen molar-refractivity contribution >= 4 is 23.5 Å². The second kappa shape index (κ2) is 8.62. The third-order valence-corrected chi connectivity index (χ3v) is 5.92. The Morgan fingerprint density at radius 2 is 1.77 bits per heavy atom. The van der Waals surface area contributed by atoms with Gasteiger partial charge in [-0.15, -0.1) is 0 Å². The van der Waals surface area contributed by atoms with Crippen molar-refractivity contribution < 1.29 is 23.8 Å². The number of likely N-dealkylation sites (tertiary alicyclic amines) is 1. The van der Waals surface area contributed by atoms with Crippen molar-refractivity contribution in [3.05, 3.63) is 64.4 Å². The van der Waals surface area contributed by atoms with E-state index in [1.807, 2.05) is 4.90 Å². The molecule has 0 aromatic heterocycles. The number of carboxylic acids is 1. The Kier molecular flexibility index (Phi) is 5.92. The minimum Gasteiger partial charge on any atom is -0.483 e. The molecule has 8 heteroatoms. The molecular weight excluding hydrogens is 411 g/mol. The van der Waals surface area contributed by atoms with Gasteiger partial charge in [-0.2, -0.15) is 0 Å². The lowest BCUT2D eigenvalue weighted by Gasteiger charge is -2.41. The van der Waals surface area contributed by atoms with Gasteiger partial charge in [0.2, 0.25) is 0 Å². The van der Waals surface area contributed by atoms with Crippen molar-refractivity contribution in [3.8, 4) is 5.75 Å². The fraction of sp³-hybridized carbons (Fsp3) is 0.364. The number of amides is 1. The smallest absolute Gasteiger partial charge is 0.339 e. The normalized spacial score (nSPS) is 20.9. The predicted molar refractivity (Wildman–Crippen MR) is 109 cm³/mol. The summed E-state index contributed by atoms with van der Waals surface area (Å²) >= 11 is 5.85. The summed E-state index contributed by atoms with van der Waals surface area (Å²) in [5.41, 5.74) is 0.977. The van der Waals surface area contributed by atoms with Gasteiger partial charge in [0.25, 0.3) is 5.91 Å². The van der Waals surface area contributed by atoms with Crippen LogP contribution in [0.25, 0.3) is 0 Å². The average molecular weight is 433 g/mol. The molecule has 30 heavy (non-hydrogen) atoms. The summed E-state index contributed by atoms with van der Waals surface area (Å²) < 4.78 is 18.7. The number of carbonyl (C=O) groups excluding carboxylic acids is 1. The Morgan fingerprint density at radius 1 is 1.10 bits per heavy atom. The van der Waals surface area contributed by atoms with Gasteiger partial charge in [0, 0.05) is 36.7 Å². The van der Waals surface area contributed by atoms with E-state index in [0.29, 0.717) is 5.02 Å². The van der Waals surface area contributed by atoms with Crippen LogP contribution in [0.15, 0.2) is 42.5 Å². The SMILES string of the molecule is O=C(O)c1cc(Cl)ccc1OCC(=O)N1C2CCC1CN(Cc1ccc(F)cc1)C2. The van der Waals surface area contributed by atoms with Crippen LogP contribution in [0.4, 0.5) is 4.39 Å². The van der Waals surface area contributed by atoms with Crippen LogP contribution >= 0.6 is 11.6 Å². The Balaban J connectivity index is 1.37. The maximum atomic E-state index is 13.1. The number of ether oxygens (including phenoxy) is 1. The van der Waals surface area contributed by atoms with Gasteiger partial charge < -0.3 is 14.7 Å². The number of hydrogen-bond acceptors (Lipinski definition) is 4. The lowest BCUT2D eigenvalue weighted by Crippen LogP contribution is -2.56. The molecular formula is C22H22ClFN2O4. The predicted octanol–water partition coefficient (Wildman–Crippen LogP) is 3.43. The zero-order valence-electron chi connectivity index (χ0n) is 16.3. The molecule has 2 atom stereocenters. The molecule has 2 aromatic carbocycles. The number of rotatable bonds is 6. The molecule has 6 nitrogen and oxygen atoms in total. The Bertz CT molecular complexity index is 939. The zero-order valence-corrected chi connectivity index (χ0v) is 17.0. The van der Waals surface area contributed by atoms with Gasteiger partial charge >= 0.3 is 5.97 Å². The van der Waals surface area contributed by atoms with E-state index in [9.17, 15) is 19.1 Å². The van der Waals surface area contributed by atoms with Crippen molar-refractivity contribution in [2.24, 2.45) is 0 Å². The maximum Gasteiger partial charge on any atom is 0.339 e. The summed E-state index contributed by atoms with van der Waals surface area (Å²) in [6.45, 7) is 2.01. The second-order valence-corrected chi connectivity index (χ2v) is 8.18. The largest absolute Gasteiger partial charge is 0.483 e. The standard InChI is InChI=1S/C22H22ClFN2O4/c23-15-3-8-20(19(9-15)22(28)29)30-13-21(27)26-17-6-7-18(26)12-25(11-17)10-14-1-4-16(24)5-2-14/h1-5,8-9,17-18H,6-7,10-13H2,(H,28,29). The van der Waals surface area contributed by atoms with Crippen LogP contribution in [0.1, 0.15) is 28.8 Å². The molecule has 0 saturated carbocycles. The lowest BCUT2D eigenvalue weighted by atomic mass is 10.1. The van der Waals surface area contributed by atoms with Gasteiger partial charge in [-0.1, -0.05) is 23.7 Å². The number of fused-ring (bicyclic) bond motifs is 2. The molecule has 2 unspecified atom stereocenters. The average Bonchev–Trinajstić information content (AvgIpc) is 2.99. The Morgan fingerprint density at radius 3 is 2.40 bits per heavy atom. The third kappa shape index (κ3) is 4.42. The molecule has 0 radical (unpaired) electrons. The van der Waals surface area contributed by atoms with Gasteiger partial charge in [0.15, 0.2) is 6.61 Å². The number of halogens is 2. The molecule has 1 amide bonds. The summed E-state index contributed by atoms with van der Waals surface area (Å²) in [5, 5.41) is 9.60. The van der Waals surface area contributed by atoms with E-state index in [-0.39, 0.29) is 41.7 Å². The molecule has 2 aliphatic rings. The van der Waals surface area contributed by atoms with Crippen molar-refractivity contribution in [3.63, 3.8) is 0 Å². The van der Waals surface area contributed by atoms with Crippen molar-refractivity contribution in [1.29, 1.82) is 0 Å². The van der Waals surface area contributed by atoms with Crippen LogP contribution in [0.5, 0.6) is 5.75 Å². The molecule has 1 N–H and O–H groups in total. The topological polar surface area (TPSA) is 70.1 Å². The van der Waals surface area contributed by atoms with Crippen LogP contribution in [0.2, 0.25) is 5.02 Å². The Labute approximate surface area is 178 Å². The molecule has 2 heterocycles.